The van der Waals surface area contributed by atoms with E-state index in [1.54, 1.807) is 36.6 Å². The number of hydrazone groups is 1. The van der Waals surface area contributed by atoms with E-state index in [4.69, 9.17) is 0 Å². The third kappa shape index (κ3) is 2.72. The summed E-state index contributed by atoms with van der Waals surface area (Å²) in [6.45, 7) is 3.56. The molecule has 0 saturated heterocycles. The van der Waals surface area contributed by atoms with Crippen molar-refractivity contribution >= 4 is 22.2 Å². The minimum atomic E-state index is -4.86. The van der Waals surface area contributed by atoms with E-state index in [-0.39, 0.29) is 10.8 Å². The van der Waals surface area contributed by atoms with Crippen molar-refractivity contribution in [3.8, 4) is 0 Å². The number of aliphatic hydroxyl groups is 1. The number of nitrogens with zero attached hydrogens (tertiary/aromatic N) is 3. The van der Waals surface area contributed by atoms with Crippen molar-refractivity contribution in [3.63, 3.8) is 0 Å². The maximum absolute atomic E-state index is 13.5. The maximum Gasteiger partial charge on any atom is 0.438 e. The fraction of sp³-hybridized carbons (Fsp3) is 0.333. The first-order valence-electron chi connectivity index (χ1n) is 6.87. The minimum absolute atomic E-state index is 0.0180. The molecule has 0 radical (unpaired) electrons. The summed E-state index contributed by atoms with van der Waals surface area (Å²) < 4.78 is 40.4. The highest BCUT2D eigenvalue weighted by Crippen LogP contribution is 2.44. The lowest BCUT2D eigenvalue weighted by Gasteiger charge is -2.32. The standard InChI is InChI=1S/C15H14F3N3OS/c1-9-3-5-11(6-4-9)12-7-14(22,15(16,17)18)21(20-12)13-19-10(2)8-23-13/h3-6,8,22H,7H2,1-2H3/t14-/m0/s1. The summed E-state index contributed by atoms with van der Waals surface area (Å²) >= 11 is 1.01. The molecule has 0 aliphatic carbocycles. The molecule has 1 aromatic carbocycles. The van der Waals surface area contributed by atoms with Gasteiger partial charge < -0.3 is 5.11 Å². The molecule has 8 heteroatoms. The van der Waals surface area contributed by atoms with Crippen molar-refractivity contribution in [2.24, 2.45) is 5.10 Å². The van der Waals surface area contributed by atoms with Crippen molar-refractivity contribution in [3.05, 3.63) is 46.5 Å². The smallest absolute Gasteiger partial charge is 0.362 e. The normalized spacial score (nSPS) is 21.7. The Kier molecular flexibility index (Phi) is 3.68. The van der Waals surface area contributed by atoms with E-state index in [1.165, 1.54) is 0 Å². The van der Waals surface area contributed by atoms with Crippen molar-refractivity contribution in [1.82, 2.24) is 4.98 Å². The number of aromatic nitrogens is 1. The van der Waals surface area contributed by atoms with Crippen molar-refractivity contribution in [2.45, 2.75) is 32.2 Å². The van der Waals surface area contributed by atoms with Crippen LogP contribution in [0.1, 0.15) is 23.2 Å². The van der Waals surface area contributed by atoms with Gasteiger partial charge in [-0.3, -0.25) is 0 Å². The molecule has 3 rings (SSSR count). The van der Waals surface area contributed by atoms with Gasteiger partial charge in [0.15, 0.2) is 0 Å². The SMILES string of the molecule is Cc1ccc(C2=NN(c3nc(C)cs3)[C@@](O)(C(F)(F)F)C2)cc1. The van der Waals surface area contributed by atoms with E-state index in [0.717, 1.165) is 16.9 Å². The first-order valence-corrected chi connectivity index (χ1v) is 7.75. The van der Waals surface area contributed by atoms with E-state index >= 15 is 0 Å². The number of alkyl halides is 3. The molecule has 4 nitrogen and oxygen atoms in total. The molecule has 1 aliphatic heterocycles. The van der Waals surface area contributed by atoms with Crippen LogP contribution in [0.25, 0.3) is 0 Å². The summed E-state index contributed by atoms with van der Waals surface area (Å²) in [7, 11) is 0. The van der Waals surface area contributed by atoms with E-state index in [9.17, 15) is 18.3 Å². The monoisotopic (exact) mass is 341 g/mol. The summed E-state index contributed by atoms with van der Waals surface area (Å²) in [6.07, 6.45) is -5.50. The molecule has 2 aromatic rings. The van der Waals surface area contributed by atoms with Crippen LogP contribution in [-0.2, 0) is 0 Å². The van der Waals surface area contributed by atoms with Crippen LogP contribution >= 0.6 is 11.3 Å². The zero-order valence-corrected chi connectivity index (χ0v) is 13.2. The van der Waals surface area contributed by atoms with Gasteiger partial charge in [-0.15, -0.1) is 11.3 Å². The molecule has 1 N–H and O–H groups in total. The van der Waals surface area contributed by atoms with Crippen LogP contribution in [-0.4, -0.2) is 27.7 Å². The first kappa shape index (κ1) is 15.9. The van der Waals surface area contributed by atoms with Gasteiger partial charge in [0, 0.05) is 5.38 Å². The summed E-state index contributed by atoms with van der Waals surface area (Å²) in [6, 6.07) is 6.98. The quantitative estimate of drug-likeness (QED) is 0.907. The van der Waals surface area contributed by atoms with Crippen molar-refractivity contribution in [2.75, 3.05) is 5.01 Å². The summed E-state index contributed by atoms with van der Waals surface area (Å²) in [5.41, 5.74) is -0.789. The molecule has 0 fully saturated rings. The minimum Gasteiger partial charge on any atom is -0.362 e. The van der Waals surface area contributed by atoms with Gasteiger partial charge in [0.1, 0.15) is 0 Å². The second kappa shape index (κ2) is 5.31. The lowest BCUT2D eigenvalue weighted by atomic mass is 10.0. The van der Waals surface area contributed by atoms with Crippen LogP contribution in [0, 0.1) is 13.8 Å². The fourth-order valence-corrected chi connectivity index (χ4v) is 3.13. The Morgan fingerprint density at radius 3 is 2.39 bits per heavy atom. The Bertz CT molecular complexity index is 754. The number of anilines is 1. The fourth-order valence-electron chi connectivity index (χ4n) is 2.31. The van der Waals surface area contributed by atoms with Crippen LogP contribution in [0.4, 0.5) is 18.3 Å². The highest BCUT2D eigenvalue weighted by molar-refractivity contribution is 7.13. The van der Waals surface area contributed by atoms with Crippen molar-refractivity contribution < 1.29 is 18.3 Å². The Morgan fingerprint density at radius 1 is 1.22 bits per heavy atom. The molecule has 0 amide bonds. The Hall–Kier alpha value is -1.93. The molecule has 122 valence electrons. The van der Waals surface area contributed by atoms with E-state index in [2.05, 4.69) is 10.1 Å². The largest absolute Gasteiger partial charge is 0.438 e. The molecule has 1 aliphatic rings. The van der Waals surface area contributed by atoms with Crippen LogP contribution in [0.2, 0.25) is 0 Å². The summed E-state index contributed by atoms with van der Waals surface area (Å²) in [5.74, 6) is 0. The molecule has 0 spiro atoms. The van der Waals surface area contributed by atoms with Gasteiger partial charge in [0.25, 0.3) is 5.72 Å². The average Bonchev–Trinajstić information content (AvgIpc) is 3.03. The molecule has 23 heavy (non-hydrogen) atoms. The van der Waals surface area contributed by atoms with Crippen LogP contribution in [0.5, 0.6) is 0 Å². The molecule has 0 bridgehead atoms. The lowest BCUT2D eigenvalue weighted by molar-refractivity contribution is -0.254. The highest BCUT2D eigenvalue weighted by atomic mass is 32.1. The maximum atomic E-state index is 13.5. The third-order valence-corrected chi connectivity index (χ3v) is 4.55. The predicted octanol–water partition coefficient (Wildman–Crippen LogP) is 3.63. The van der Waals surface area contributed by atoms with E-state index < -0.39 is 18.3 Å². The molecule has 0 unspecified atom stereocenters. The number of halogens is 3. The number of aryl methyl sites for hydroxylation is 2. The molecular weight excluding hydrogens is 327 g/mol. The number of benzene rings is 1. The third-order valence-electron chi connectivity index (χ3n) is 3.61. The topological polar surface area (TPSA) is 48.7 Å². The Balaban J connectivity index is 2.06. The summed E-state index contributed by atoms with van der Waals surface area (Å²) in [4.78, 5) is 4.02. The zero-order chi connectivity index (χ0) is 16.8. The van der Waals surface area contributed by atoms with Gasteiger partial charge in [-0.05, 0) is 19.4 Å². The number of hydrogen-bond donors (Lipinski definition) is 1. The predicted molar refractivity (Wildman–Crippen MR) is 82.7 cm³/mol. The van der Waals surface area contributed by atoms with Crippen LogP contribution in [0.15, 0.2) is 34.7 Å². The molecule has 2 heterocycles. The van der Waals surface area contributed by atoms with Gasteiger partial charge in [-0.25, -0.2) is 4.98 Å². The molecule has 1 aromatic heterocycles. The zero-order valence-electron chi connectivity index (χ0n) is 12.4. The first-order chi connectivity index (χ1) is 10.7. The molecular formula is C15H14F3N3OS. The van der Waals surface area contributed by atoms with Gasteiger partial charge in [-0.1, -0.05) is 29.8 Å². The number of hydrogen-bond acceptors (Lipinski definition) is 5. The van der Waals surface area contributed by atoms with Crippen LogP contribution in [0.3, 0.4) is 0 Å². The van der Waals surface area contributed by atoms with Crippen molar-refractivity contribution in [1.29, 1.82) is 0 Å². The van der Waals surface area contributed by atoms with Gasteiger partial charge in [-0.2, -0.15) is 23.3 Å². The highest BCUT2D eigenvalue weighted by Gasteiger charge is 2.62. The van der Waals surface area contributed by atoms with Crippen LogP contribution < -0.4 is 5.01 Å². The van der Waals surface area contributed by atoms with Gasteiger partial charge in [0.2, 0.25) is 5.13 Å². The number of thiazole rings is 1. The number of rotatable bonds is 2. The second-order valence-electron chi connectivity index (χ2n) is 5.49. The summed E-state index contributed by atoms with van der Waals surface area (Å²) in [5, 5.41) is 16.5. The van der Waals surface area contributed by atoms with E-state index in [1.807, 2.05) is 6.92 Å². The van der Waals surface area contributed by atoms with Gasteiger partial charge in [0.05, 0.1) is 17.8 Å². The average molecular weight is 341 g/mol. The lowest BCUT2D eigenvalue weighted by Crippen LogP contribution is -2.55. The molecule has 0 saturated carbocycles. The Labute approximate surface area is 134 Å². The Morgan fingerprint density at radius 2 is 1.87 bits per heavy atom. The second-order valence-corrected chi connectivity index (χ2v) is 6.32. The van der Waals surface area contributed by atoms with E-state index in [0.29, 0.717) is 16.3 Å². The van der Waals surface area contributed by atoms with Gasteiger partial charge >= 0.3 is 6.18 Å². The molecule has 1 atom stereocenters.